The van der Waals surface area contributed by atoms with Gasteiger partial charge < -0.3 is 10.1 Å². The molecule has 0 aromatic heterocycles. The predicted octanol–water partition coefficient (Wildman–Crippen LogP) is 4.59. The zero-order chi connectivity index (χ0) is 14.6. The second-order valence-corrected chi connectivity index (χ2v) is 6.83. The minimum atomic E-state index is 0.0272. The lowest BCUT2D eigenvalue weighted by atomic mass is 9.77. The van der Waals surface area contributed by atoms with E-state index in [1.165, 1.54) is 6.42 Å². The van der Waals surface area contributed by atoms with Crippen LogP contribution in [0.25, 0.3) is 0 Å². The van der Waals surface area contributed by atoms with Crippen LogP contribution in [0.4, 0.5) is 0 Å². The molecule has 0 saturated heterocycles. The Morgan fingerprint density at radius 3 is 2.70 bits per heavy atom. The van der Waals surface area contributed by atoms with Crippen molar-refractivity contribution in [3.05, 3.63) is 28.8 Å². The quantitative estimate of drug-likeness (QED) is 0.743. The summed E-state index contributed by atoms with van der Waals surface area (Å²) in [5.74, 6) is 1.64. The average Bonchev–Trinajstić information content (AvgIpc) is 2.35. The van der Waals surface area contributed by atoms with Gasteiger partial charge in [-0.1, -0.05) is 31.5 Å². The average molecular weight is 296 g/mol. The van der Waals surface area contributed by atoms with Crippen LogP contribution in [0.2, 0.25) is 5.02 Å². The van der Waals surface area contributed by atoms with Crippen LogP contribution in [0.1, 0.15) is 45.1 Å². The first-order valence-corrected chi connectivity index (χ1v) is 8.04. The minimum Gasteiger partial charge on any atom is -0.487 e. The summed E-state index contributed by atoms with van der Waals surface area (Å²) in [6.07, 6.45) is 4.65. The van der Waals surface area contributed by atoms with Crippen molar-refractivity contribution in [2.45, 2.75) is 52.1 Å². The Kier molecular flexibility index (Phi) is 5.34. The summed E-state index contributed by atoms with van der Waals surface area (Å²) in [5, 5.41) is 4.26. The highest BCUT2D eigenvalue weighted by Gasteiger charge is 2.39. The molecule has 0 aliphatic heterocycles. The van der Waals surface area contributed by atoms with E-state index in [-0.39, 0.29) is 5.60 Å². The molecule has 112 valence electrons. The van der Waals surface area contributed by atoms with Crippen molar-refractivity contribution < 1.29 is 4.74 Å². The highest BCUT2D eigenvalue weighted by atomic mass is 35.5. The Morgan fingerprint density at radius 1 is 1.35 bits per heavy atom. The SMILES string of the molecule is Cc1ccc(Cl)cc1OC1(CCNCC(C)C)CCC1. The van der Waals surface area contributed by atoms with Gasteiger partial charge in [0.15, 0.2) is 0 Å². The summed E-state index contributed by atoms with van der Waals surface area (Å²) < 4.78 is 6.33. The molecule has 2 nitrogen and oxygen atoms in total. The van der Waals surface area contributed by atoms with Crippen LogP contribution in [-0.2, 0) is 0 Å². The maximum Gasteiger partial charge on any atom is 0.124 e. The van der Waals surface area contributed by atoms with Gasteiger partial charge in [0.05, 0.1) is 0 Å². The van der Waals surface area contributed by atoms with Crippen LogP contribution in [0, 0.1) is 12.8 Å². The zero-order valence-corrected chi connectivity index (χ0v) is 13.6. The van der Waals surface area contributed by atoms with Crippen molar-refractivity contribution in [2.24, 2.45) is 5.92 Å². The van der Waals surface area contributed by atoms with E-state index in [1.807, 2.05) is 18.2 Å². The van der Waals surface area contributed by atoms with Gasteiger partial charge >= 0.3 is 0 Å². The van der Waals surface area contributed by atoms with E-state index in [0.29, 0.717) is 5.92 Å². The Bertz CT molecular complexity index is 441. The Morgan fingerprint density at radius 2 is 2.10 bits per heavy atom. The number of halogens is 1. The molecule has 0 heterocycles. The molecule has 2 rings (SSSR count). The normalized spacial score (nSPS) is 17.1. The minimum absolute atomic E-state index is 0.0272. The second-order valence-electron chi connectivity index (χ2n) is 6.40. The fourth-order valence-electron chi connectivity index (χ4n) is 2.60. The lowest BCUT2D eigenvalue weighted by molar-refractivity contribution is -0.0148. The number of rotatable bonds is 7. The van der Waals surface area contributed by atoms with Crippen molar-refractivity contribution in [1.82, 2.24) is 5.32 Å². The van der Waals surface area contributed by atoms with Crippen molar-refractivity contribution in [3.8, 4) is 5.75 Å². The molecule has 0 atom stereocenters. The Balaban J connectivity index is 1.92. The molecule has 1 saturated carbocycles. The molecule has 1 aliphatic carbocycles. The number of hydrogen-bond acceptors (Lipinski definition) is 2. The van der Waals surface area contributed by atoms with Gasteiger partial charge in [0.25, 0.3) is 0 Å². The van der Waals surface area contributed by atoms with Gasteiger partial charge in [0.1, 0.15) is 11.4 Å². The standard InChI is InChI=1S/C17H26ClNO/c1-13(2)12-19-10-9-17(7-4-8-17)20-16-11-15(18)6-5-14(16)3/h5-6,11,13,19H,4,7-10,12H2,1-3H3. The third-order valence-corrected chi connectivity index (χ3v) is 4.29. The van der Waals surface area contributed by atoms with E-state index < -0.39 is 0 Å². The highest BCUT2D eigenvalue weighted by molar-refractivity contribution is 6.30. The van der Waals surface area contributed by atoms with Gasteiger partial charge in [-0.3, -0.25) is 0 Å². The number of ether oxygens (including phenoxy) is 1. The van der Waals surface area contributed by atoms with Gasteiger partial charge in [0, 0.05) is 5.02 Å². The monoisotopic (exact) mass is 295 g/mol. The van der Waals surface area contributed by atoms with E-state index >= 15 is 0 Å². The molecule has 3 heteroatoms. The van der Waals surface area contributed by atoms with Gasteiger partial charge in [-0.15, -0.1) is 0 Å². The summed E-state index contributed by atoms with van der Waals surface area (Å²) in [6, 6.07) is 5.89. The van der Waals surface area contributed by atoms with Crippen LogP contribution in [-0.4, -0.2) is 18.7 Å². The first kappa shape index (κ1) is 15.7. The van der Waals surface area contributed by atoms with Gasteiger partial charge in [-0.2, -0.15) is 0 Å². The summed E-state index contributed by atoms with van der Waals surface area (Å²) >= 11 is 6.08. The van der Waals surface area contributed by atoms with E-state index in [2.05, 4.69) is 26.1 Å². The summed E-state index contributed by atoms with van der Waals surface area (Å²) in [6.45, 7) is 8.65. The molecule has 1 aromatic rings. The van der Waals surface area contributed by atoms with E-state index in [1.54, 1.807) is 0 Å². The first-order valence-electron chi connectivity index (χ1n) is 7.67. The molecule has 1 N–H and O–H groups in total. The molecule has 1 aliphatic rings. The number of hydrogen-bond donors (Lipinski definition) is 1. The summed E-state index contributed by atoms with van der Waals surface area (Å²) in [4.78, 5) is 0. The smallest absolute Gasteiger partial charge is 0.124 e. The largest absolute Gasteiger partial charge is 0.487 e. The molecular weight excluding hydrogens is 270 g/mol. The Hall–Kier alpha value is -0.730. The number of nitrogens with one attached hydrogen (secondary N) is 1. The number of benzene rings is 1. The van der Waals surface area contributed by atoms with Crippen LogP contribution >= 0.6 is 11.6 Å². The summed E-state index contributed by atoms with van der Waals surface area (Å²) in [7, 11) is 0. The van der Waals surface area contributed by atoms with E-state index in [0.717, 1.165) is 48.7 Å². The van der Waals surface area contributed by atoms with Crippen LogP contribution in [0.15, 0.2) is 18.2 Å². The lowest BCUT2D eigenvalue weighted by Crippen LogP contribution is -2.45. The molecule has 0 radical (unpaired) electrons. The van der Waals surface area contributed by atoms with Crippen LogP contribution < -0.4 is 10.1 Å². The van der Waals surface area contributed by atoms with Gasteiger partial charge in [-0.25, -0.2) is 0 Å². The van der Waals surface area contributed by atoms with E-state index in [4.69, 9.17) is 16.3 Å². The summed E-state index contributed by atoms with van der Waals surface area (Å²) in [5.41, 5.74) is 1.19. The third kappa shape index (κ3) is 4.13. The molecule has 20 heavy (non-hydrogen) atoms. The maximum atomic E-state index is 6.33. The zero-order valence-electron chi connectivity index (χ0n) is 12.8. The lowest BCUT2D eigenvalue weighted by Gasteiger charge is -2.42. The topological polar surface area (TPSA) is 21.3 Å². The predicted molar refractivity (Wildman–Crippen MR) is 85.7 cm³/mol. The van der Waals surface area contributed by atoms with Crippen molar-refractivity contribution in [2.75, 3.05) is 13.1 Å². The van der Waals surface area contributed by atoms with Crippen LogP contribution in [0.5, 0.6) is 5.75 Å². The molecule has 0 amide bonds. The fraction of sp³-hybridized carbons (Fsp3) is 0.647. The second kappa shape index (κ2) is 6.82. The Labute approximate surface area is 127 Å². The van der Waals surface area contributed by atoms with Crippen molar-refractivity contribution in [3.63, 3.8) is 0 Å². The molecule has 0 bridgehead atoms. The molecular formula is C17H26ClNO. The molecule has 0 unspecified atom stereocenters. The van der Waals surface area contributed by atoms with Crippen LogP contribution in [0.3, 0.4) is 0 Å². The molecule has 0 spiro atoms. The van der Waals surface area contributed by atoms with E-state index in [9.17, 15) is 0 Å². The molecule has 1 aromatic carbocycles. The highest BCUT2D eigenvalue weighted by Crippen LogP contribution is 2.40. The first-order chi connectivity index (χ1) is 9.51. The van der Waals surface area contributed by atoms with Gasteiger partial charge in [0.2, 0.25) is 0 Å². The fourth-order valence-corrected chi connectivity index (χ4v) is 2.76. The van der Waals surface area contributed by atoms with Crippen molar-refractivity contribution in [1.29, 1.82) is 0 Å². The van der Waals surface area contributed by atoms with Crippen molar-refractivity contribution >= 4 is 11.6 Å². The maximum absolute atomic E-state index is 6.33. The van der Waals surface area contributed by atoms with Gasteiger partial charge in [-0.05, 0) is 69.3 Å². The number of aryl methyl sites for hydroxylation is 1. The third-order valence-electron chi connectivity index (χ3n) is 4.05. The molecule has 1 fully saturated rings.